The maximum absolute atomic E-state index is 11.4. The highest BCUT2D eigenvalue weighted by Gasteiger charge is 2.18. The lowest BCUT2D eigenvalue weighted by Crippen LogP contribution is -2.40. The molecule has 1 atom stereocenters. The highest BCUT2D eigenvalue weighted by molar-refractivity contribution is 9.10. The van der Waals surface area contributed by atoms with Gasteiger partial charge in [0.2, 0.25) is 11.8 Å². The van der Waals surface area contributed by atoms with E-state index in [0.717, 1.165) is 6.42 Å². The summed E-state index contributed by atoms with van der Waals surface area (Å²) in [6.07, 6.45) is 0.719. The van der Waals surface area contributed by atoms with Crippen LogP contribution in [0.2, 0.25) is 0 Å². The summed E-state index contributed by atoms with van der Waals surface area (Å²) in [6.45, 7) is 2.02. The average molecular weight is 251 g/mol. The van der Waals surface area contributed by atoms with Gasteiger partial charge in [-0.3, -0.25) is 9.59 Å². The molecule has 0 aliphatic carbocycles. The van der Waals surface area contributed by atoms with Crippen LogP contribution in [0, 0.1) is 0 Å². The third-order valence-corrected chi connectivity index (χ3v) is 2.70. The van der Waals surface area contributed by atoms with Crippen LogP contribution in [0.25, 0.3) is 0 Å². The molecule has 0 aromatic carbocycles. The number of hydrogen-bond acceptors (Lipinski definition) is 2. The molecule has 5 heteroatoms. The van der Waals surface area contributed by atoms with Gasteiger partial charge in [0.05, 0.1) is 11.4 Å². The van der Waals surface area contributed by atoms with Crippen LogP contribution >= 0.6 is 15.9 Å². The summed E-state index contributed by atoms with van der Waals surface area (Å²) in [5.74, 6) is -0.224. The normalized spacial score (nSPS) is 12.0. The molecule has 0 radical (unpaired) electrons. The summed E-state index contributed by atoms with van der Waals surface area (Å²) >= 11 is 3.23. The van der Waals surface area contributed by atoms with Gasteiger partial charge < -0.3 is 10.2 Å². The molecular weight excluding hydrogens is 236 g/mol. The van der Waals surface area contributed by atoms with E-state index in [4.69, 9.17) is 0 Å². The Morgan fingerprint density at radius 3 is 2.46 bits per heavy atom. The highest BCUT2D eigenvalue weighted by atomic mass is 79.9. The van der Waals surface area contributed by atoms with Crippen LogP contribution in [0.4, 0.5) is 0 Å². The first-order chi connectivity index (χ1) is 6.02. The number of amides is 2. The molecule has 2 amide bonds. The van der Waals surface area contributed by atoms with Crippen molar-refractivity contribution in [3.05, 3.63) is 0 Å². The number of likely N-dealkylation sites (N-methyl/N-ethyl adjacent to an activating group) is 2. The minimum absolute atomic E-state index is 0.0638. The van der Waals surface area contributed by atoms with Gasteiger partial charge in [0.25, 0.3) is 0 Å². The Morgan fingerprint density at radius 1 is 1.54 bits per heavy atom. The van der Waals surface area contributed by atoms with Crippen molar-refractivity contribution in [2.24, 2.45) is 0 Å². The quantitative estimate of drug-likeness (QED) is 0.733. The topological polar surface area (TPSA) is 49.4 Å². The van der Waals surface area contributed by atoms with Crippen LogP contribution < -0.4 is 5.32 Å². The fraction of sp³-hybridized carbons (Fsp3) is 0.750. The second-order valence-corrected chi connectivity index (χ2v) is 3.85. The Bertz CT molecular complexity index is 197. The van der Waals surface area contributed by atoms with E-state index in [1.165, 1.54) is 4.90 Å². The van der Waals surface area contributed by atoms with Crippen molar-refractivity contribution in [3.63, 3.8) is 0 Å². The Hall–Kier alpha value is -0.580. The van der Waals surface area contributed by atoms with Crippen LogP contribution in [-0.2, 0) is 9.59 Å². The molecule has 1 unspecified atom stereocenters. The molecule has 4 nitrogen and oxygen atoms in total. The molecule has 76 valence electrons. The minimum atomic E-state index is -0.192. The second-order valence-electron chi connectivity index (χ2n) is 2.74. The Morgan fingerprint density at radius 2 is 2.08 bits per heavy atom. The zero-order valence-electron chi connectivity index (χ0n) is 8.13. The number of carbonyl (C=O) groups excluding carboxylic acids is 2. The lowest BCUT2D eigenvalue weighted by atomic mass is 10.3. The van der Waals surface area contributed by atoms with Crippen molar-refractivity contribution in [1.29, 1.82) is 0 Å². The van der Waals surface area contributed by atoms with E-state index in [2.05, 4.69) is 21.2 Å². The molecule has 0 saturated carbocycles. The number of carbonyl (C=O) groups is 2. The third-order valence-electron chi connectivity index (χ3n) is 1.66. The molecule has 0 aromatic rings. The Kier molecular flexibility index (Phi) is 5.70. The van der Waals surface area contributed by atoms with Crippen molar-refractivity contribution in [1.82, 2.24) is 10.2 Å². The maximum atomic E-state index is 11.4. The molecule has 0 rings (SSSR count). The van der Waals surface area contributed by atoms with E-state index < -0.39 is 0 Å². The number of rotatable bonds is 4. The first-order valence-electron chi connectivity index (χ1n) is 4.12. The molecule has 13 heavy (non-hydrogen) atoms. The van der Waals surface area contributed by atoms with Crippen LogP contribution in [0.1, 0.15) is 13.3 Å². The van der Waals surface area contributed by atoms with Crippen LogP contribution in [0.15, 0.2) is 0 Å². The standard InChI is InChI=1S/C8H15BrN2O2/c1-4-6(9)8(13)11(3)5-7(12)10-2/h6H,4-5H2,1-3H3,(H,10,12). The van der Waals surface area contributed by atoms with Gasteiger partial charge in [0.1, 0.15) is 0 Å². The van der Waals surface area contributed by atoms with Crippen LogP contribution in [0.5, 0.6) is 0 Å². The smallest absolute Gasteiger partial charge is 0.239 e. The van der Waals surface area contributed by atoms with Crippen molar-refractivity contribution >= 4 is 27.7 Å². The third kappa shape index (κ3) is 4.26. The van der Waals surface area contributed by atoms with E-state index >= 15 is 0 Å². The second kappa shape index (κ2) is 5.96. The summed E-state index contributed by atoms with van der Waals surface area (Å²) in [6, 6.07) is 0. The largest absolute Gasteiger partial charge is 0.358 e. The predicted octanol–water partition coefficient (Wildman–Crippen LogP) is 0.364. The van der Waals surface area contributed by atoms with Gasteiger partial charge in [-0.05, 0) is 6.42 Å². The fourth-order valence-corrected chi connectivity index (χ4v) is 1.14. The van der Waals surface area contributed by atoms with Crippen molar-refractivity contribution in [3.8, 4) is 0 Å². The zero-order chi connectivity index (χ0) is 10.4. The number of nitrogens with one attached hydrogen (secondary N) is 1. The number of alkyl halides is 1. The summed E-state index contributed by atoms with van der Waals surface area (Å²) in [7, 11) is 3.16. The van der Waals surface area contributed by atoms with Gasteiger partial charge in [0.15, 0.2) is 0 Å². The molecular formula is C8H15BrN2O2. The molecule has 0 bridgehead atoms. The van der Waals surface area contributed by atoms with Crippen molar-refractivity contribution in [2.45, 2.75) is 18.2 Å². The lowest BCUT2D eigenvalue weighted by Gasteiger charge is -2.18. The van der Waals surface area contributed by atoms with Gasteiger partial charge in [-0.25, -0.2) is 0 Å². The van der Waals surface area contributed by atoms with Crippen molar-refractivity contribution in [2.75, 3.05) is 20.6 Å². The van der Waals surface area contributed by atoms with Gasteiger partial charge in [0, 0.05) is 14.1 Å². The van der Waals surface area contributed by atoms with Crippen molar-refractivity contribution < 1.29 is 9.59 Å². The molecule has 0 aliphatic heterocycles. The van der Waals surface area contributed by atoms with E-state index in [0.29, 0.717) is 0 Å². The maximum Gasteiger partial charge on any atom is 0.239 e. The predicted molar refractivity (Wildman–Crippen MR) is 54.7 cm³/mol. The SMILES string of the molecule is CCC(Br)C(=O)N(C)CC(=O)NC. The van der Waals surface area contributed by atoms with Crippen LogP contribution in [-0.4, -0.2) is 42.2 Å². The van der Waals surface area contributed by atoms with E-state index in [1.54, 1.807) is 14.1 Å². The van der Waals surface area contributed by atoms with E-state index in [-0.39, 0.29) is 23.2 Å². The molecule has 0 aliphatic rings. The molecule has 0 heterocycles. The number of hydrogen-bond donors (Lipinski definition) is 1. The number of halogens is 1. The first kappa shape index (κ1) is 12.4. The van der Waals surface area contributed by atoms with Gasteiger partial charge in [-0.1, -0.05) is 22.9 Å². The fourth-order valence-electron chi connectivity index (χ4n) is 0.786. The molecule has 0 aromatic heterocycles. The summed E-state index contributed by atoms with van der Waals surface area (Å²) in [5, 5.41) is 2.46. The van der Waals surface area contributed by atoms with Gasteiger partial charge >= 0.3 is 0 Å². The highest BCUT2D eigenvalue weighted by Crippen LogP contribution is 2.07. The summed E-state index contributed by atoms with van der Waals surface area (Å²) in [4.78, 5) is 23.6. The minimum Gasteiger partial charge on any atom is -0.358 e. The van der Waals surface area contributed by atoms with Gasteiger partial charge in [-0.15, -0.1) is 0 Å². The van der Waals surface area contributed by atoms with E-state index in [9.17, 15) is 9.59 Å². The average Bonchev–Trinajstić information content (AvgIpc) is 2.14. The Labute approximate surface area is 86.8 Å². The lowest BCUT2D eigenvalue weighted by molar-refractivity contribution is -0.134. The molecule has 0 spiro atoms. The molecule has 0 fully saturated rings. The Balaban J connectivity index is 4.03. The monoisotopic (exact) mass is 250 g/mol. The molecule has 1 N–H and O–H groups in total. The van der Waals surface area contributed by atoms with Crippen LogP contribution in [0.3, 0.4) is 0 Å². The summed E-state index contributed by atoms with van der Waals surface area (Å²) < 4.78 is 0. The first-order valence-corrected chi connectivity index (χ1v) is 5.04. The number of nitrogens with zero attached hydrogens (tertiary/aromatic N) is 1. The van der Waals surface area contributed by atoms with Gasteiger partial charge in [-0.2, -0.15) is 0 Å². The zero-order valence-corrected chi connectivity index (χ0v) is 9.72. The van der Waals surface area contributed by atoms with E-state index in [1.807, 2.05) is 6.92 Å². The molecule has 0 saturated heterocycles. The summed E-state index contributed by atoms with van der Waals surface area (Å²) in [5.41, 5.74) is 0.